The zero-order valence-electron chi connectivity index (χ0n) is 6.89. The second-order valence-corrected chi connectivity index (χ2v) is 4.10. The van der Waals surface area contributed by atoms with E-state index in [9.17, 15) is 4.79 Å². The summed E-state index contributed by atoms with van der Waals surface area (Å²) in [5.74, 6) is 1.26. The summed E-state index contributed by atoms with van der Waals surface area (Å²) < 4.78 is 0. The van der Waals surface area contributed by atoms with E-state index in [-0.39, 0.29) is 17.7 Å². The Bertz CT molecular complexity index is 189. The minimum atomic E-state index is 0.00694. The molecule has 0 unspecified atom stereocenters. The van der Waals surface area contributed by atoms with Crippen LogP contribution in [0.25, 0.3) is 0 Å². The third kappa shape index (κ3) is 1.99. The molecule has 1 aliphatic heterocycles. The van der Waals surface area contributed by atoms with Gasteiger partial charge in [-0.25, -0.2) is 0 Å². The summed E-state index contributed by atoms with van der Waals surface area (Å²) in [5, 5.41) is 3.97. The number of carbonyl (C=O) groups is 1. The van der Waals surface area contributed by atoms with E-state index in [0.717, 1.165) is 10.8 Å². The molecule has 0 amide bonds. The van der Waals surface area contributed by atoms with Crippen molar-refractivity contribution in [3.8, 4) is 0 Å². The first-order valence-corrected chi connectivity index (χ1v) is 4.72. The highest BCUT2D eigenvalue weighted by molar-refractivity contribution is 8.03. The highest BCUT2D eigenvalue weighted by Crippen LogP contribution is 2.22. The number of hydrogen-bond donors (Lipinski definition) is 1. The molecule has 1 rings (SSSR count). The van der Waals surface area contributed by atoms with Gasteiger partial charge in [0, 0.05) is 11.7 Å². The second kappa shape index (κ2) is 3.30. The van der Waals surface area contributed by atoms with Crippen molar-refractivity contribution in [1.29, 1.82) is 0 Å². The Balaban J connectivity index is 2.50. The predicted octanol–water partition coefficient (Wildman–Crippen LogP) is 1.39. The molecule has 1 aliphatic rings. The van der Waals surface area contributed by atoms with Crippen LogP contribution in [0.15, 0.2) is 11.6 Å². The van der Waals surface area contributed by atoms with Crippen LogP contribution in [0.4, 0.5) is 0 Å². The number of carbonyl (C=O) groups excluding carboxylic acids is 1. The Morgan fingerprint density at radius 2 is 2.45 bits per heavy atom. The van der Waals surface area contributed by atoms with Crippen LogP contribution < -0.4 is 5.32 Å². The number of Topliss-reactive ketones (excluding diaryl/α,β-unsaturated/α-hetero) is 1. The molecule has 1 heterocycles. The third-order valence-electron chi connectivity index (χ3n) is 1.67. The minimum absolute atomic E-state index is 0.00694. The van der Waals surface area contributed by atoms with E-state index in [0.29, 0.717) is 0 Å². The fraction of sp³-hybridized carbons (Fsp3) is 0.625. The summed E-state index contributed by atoms with van der Waals surface area (Å²) in [6.07, 6.45) is 0. The molecule has 62 valence electrons. The highest BCUT2D eigenvalue weighted by Gasteiger charge is 2.26. The van der Waals surface area contributed by atoms with Crippen molar-refractivity contribution in [3.05, 3.63) is 11.6 Å². The summed E-state index contributed by atoms with van der Waals surface area (Å²) in [7, 11) is 0. The van der Waals surface area contributed by atoms with Crippen molar-refractivity contribution in [1.82, 2.24) is 5.32 Å². The van der Waals surface area contributed by atoms with Gasteiger partial charge in [-0.1, -0.05) is 20.4 Å². The number of hydrogen-bond acceptors (Lipinski definition) is 3. The smallest absolute Gasteiger partial charge is 0.158 e. The van der Waals surface area contributed by atoms with Crippen LogP contribution in [0, 0.1) is 5.92 Å². The summed E-state index contributed by atoms with van der Waals surface area (Å²) in [5.41, 5.74) is 0. The second-order valence-electron chi connectivity index (χ2n) is 2.99. The lowest BCUT2D eigenvalue weighted by Gasteiger charge is -2.10. The Labute approximate surface area is 71.4 Å². The minimum Gasteiger partial charge on any atom is -0.370 e. The van der Waals surface area contributed by atoms with Gasteiger partial charge in [0.25, 0.3) is 0 Å². The third-order valence-corrected chi connectivity index (χ3v) is 2.64. The normalized spacial score (nSPS) is 23.9. The highest BCUT2D eigenvalue weighted by atomic mass is 32.2. The lowest BCUT2D eigenvalue weighted by molar-refractivity contribution is -0.123. The first kappa shape index (κ1) is 8.65. The fourth-order valence-electron chi connectivity index (χ4n) is 1.02. The Hall–Kier alpha value is -0.440. The van der Waals surface area contributed by atoms with Crippen molar-refractivity contribution in [2.24, 2.45) is 5.92 Å². The van der Waals surface area contributed by atoms with Crippen molar-refractivity contribution < 1.29 is 4.79 Å². The van der Waals surface area contributed by atoms with Crippen LogP contribution in [-0.2, 0) is 4.79 Å². The van der Waals surface area contributed by atoms with Gasteiger partial charge in [-0.3, -0.25) is 4.79 Å². The molecule has 0 aromatic heterocycles. The summed E-state index contributed by atoms with van der Waals surface area (Å²) in [4.78, 5) is 11.4. The number of ketones is 1. The van der Waals surface area contributed by atoms with E-state index in [1.807, 2.05) is 13.8 Å². The molecule has 1 saturated heterocycles. The van der Waals surface area contributed by atoms with Crippen molar-refractivity contribution in [2.45, 2.75) is 19.9 Å². The quantitative estimate of drug-likeness (QED) is 0.680. The SMILES string of the molecule is C=C1N[C@H](C(=O)C(C)C)CS1. The van der Waals surface area contributed by atoms with Crippen LogP contribution in [0.3, 0.4) is 0 Å². The molecule has 1 fully saturated rings. The van der Waals surface area contributed by atoms with E-state index in [1.165, 1.54) is 0 Å². The molecule has 0 radical (unpaired) electrons. The maximum Gasteiger partial charge on any atom is 0.158 e. The van der Waals surface area contributed by atoms with Crippen LogP contribution in [0.2, 0.25) is 0 Å². The van der Waals surface area contributed by atoms with Crippen molar-refractivity contribution in [3.63, 3.8) is 0 Å². The zero-order valence-corrected chi connectivity index (χ0v) is 7.70. The van der Waals surface area contributed by atoms with E-state index < -0.39 is 0 Å². The van der Waals surface area contributed by atoms with Gasteiger partial charge in [-0.2, -0.15) is 0 Å². The first-order chi connectivity index (χ1) is 5.11. The van der Waals surface area contributed by atoms with Gasteiger partial charge in [0.2, 0.25) is 0 Å². The Morgan fingerprint density at radius 1 is 1.82 bits per heavy atom. The monoisotopic (exact) mass is 171 g/mol. The molecule has 11 heavy (non-hydrogen) atoms. The van der Waals surface area contributed by atoms with Gasteiger partial charge in [0.15, 0.2) is 5.78 Å². The van der Waals surface area contributed by atoms with Crippen LogP contribution >= 0.6 is 11.8 Å². The molecule has 1 atom stereocenters. The van der Waals surface area contributed by atoms with Crippen LogP contribution in [0.5, 0.6) is 0 Å². The molecular weight excluding hydrogens is 158 g/mol. The average Bonchev–Trinajstić information content (AvgIpc) is 2.34. The van der Waals surface area contributed by atoms with E-state index in [4.69, 9.17) is 0 Å². The molecule has 2 nitrogen and oxygen atoms in total. The maximum absolute atomic E-state index is 11.4. The molecule has 0 saturated carbocycles. The molecule has 0 aromatic rings. The van der Waals surface area contributed by atoms with Gasteiger partial charge >= 0.3 is 0 Å². The molecule has 0 aliphatic carbocycles. The van der Waals surface area contributed by atoms with E-state index in [1.54, 1.807) is 11.8 Å². The summed E-state index contributed by atoms with van der Waals surface area (Å²) >= 11 is 1.62. The Kier molecular flexibility index (Phi) is 2.60. The standard InChI is InChI=1S/C8H13NOS/c1-5(2)8(10)7-4-11-6(3)9-7/h5,7,9H,3-4H2,1-2H3/t7-/m0/s1. The molecule has 0 bridgehead atoms. The number of rotatable bonds is 2. The molecule has 1 N–H and O–H groups in total. The van der Waals surface area contributed by atoms with Crippen LogP contribution in [0.1, 0.15) is 13.8 Å². The van der Waals surface area contributed by atoms with Crippen molar-refractivity contribution >= 4 is 17.5 Å². The lowest BCUT2D eigenvalue weighted by Crippen LogP contribution is -2.35. The van der Waals surface area contributed by atoms with Crippen LogP contribution in [-0.4, -0.2) is 17.6 Å². The lowest BCUT2D eigenvalue weighted by atomic mass is 10.0. The zero-order chi connectivity index (χ0) is 8.43. The number of thioether (sulfide) groups is 1. The topological polar surface area (TPSA) is 29.1 Å². The molecule has 0 aromatic carbocycles. The van der Waals surface area contributed by atoms with Gasteiger partial charge in [0.05, 0.1) is 11.1 Å². The summed E-state index contributed by atoms with van der Waals surface area (Å²) in [6.45, 7) is 7.60. The Morgan fingerprint density at radius 3 is 2.82 bits per heavy atom. The number of nitrogens with one attached hydrogen (secondary N) is 1. The first-order valence-electron chi connectivity index (χ1n) is 3.73. The van der Waals surface area contributed by atoms with E-state index in [2.05, 4.69) is 11.9 Å². The predicted molar refractivity (Wildman–Crippen MR) is 48.4 cm³/mol. The average molecular weight is 171 g/mol. The van der Waals surface area contributed by atoms with Gasteiger partial charge < -0.3 is 5.32 Å². The largest absolute Gasteiger partial charge is 0.370 e. The molecular formula is C8H13NOS. The summed E-state index contributed by atoms with van der Waals surface area (Å²) in [6, 6.07) is 0.00694. The van der Waals surface area contributed by atoms with E-state index >= 15 is 0 Å². The fourth-order valence-corrected chi connectivity index (χ4v) is 1.86. The molecule has 0 spiro atoms. The van der Waals surface area contributed by atoms with Gasteiger partial charge in [0.1, 0.15) is 0 Å². The van der Waals surface area contributed by atoms with Crippen molar-refractivity contribution in [2.75, 3.05) is 5.75 Å². The van der Waals surface area contributed by atoms with Gasteiger partial charge in [-0.05, 0) is 0 Å². The molecule has 3 heteroatoms. The maximum atomic E-state index is 11.4. The van der Waals surface area contributed by atoms with Gasteiger partial charge in [-0.15, -0.1) is 11.8 Å².